The number of benzene rings is 3. The van der Waals surface area contributed by atoms with Gasteiger partial charge in [0.1, 0.15) is 5.69 Å². The predicted molar refractivity (Wildman–Crippen MR) is 135 cm³/mol. The first-order valence-electron chi connectivity index (χ1n) is 11.2. The molecule has 1 atom stereocenters. The largest absolute Gasteiger partial charge is 0.362 e. The second-order valence-electron chi connectivity index (χ2n) is 8.32. The van der Waals surface area contributed by atoms with Crippen molar-refractivity contribution >= 4 is 34.8 Å². The first-order valence-corrected chi connectivity index (χ1v) is 11.6. The zero-order valence-electron chi connectivity index (χ0n) is 19.2. The van der Waals surface area contributed by atoms with E-state index in [1.54, 1.807) is 29.2 Å². The van der Waals surface area contributed by atoms with Crippen molar-refractivity contribution in [2.45, 2.75) is 13.0 Å². The molecule has 0 saturated carbocycles. The molecule has 3 aromatic rings. The molecular formula is C26H25ClN4O4. The fraction of sp³-hybridized carbons (Fsp3) is 0.231. The number of amides is 2. The zero-order valence-corrected chi connectivity index (χ0v) is 19.9. The summed E-state index contributed by atoms with van der Waals surface area (Å²) >= 11 is 6.04. The van der Waals surface area contributed by atoms with Gasteiger partial charge in [-0.3, -0.25) is 19.7 Å². The number of nitro groups is 1. The van der Waals surface area contributed by atoms with Crippen LogP contribution >= 0.6 is 11.6 Å². The molecule has 1 N–H and O–H groups in total. The summed E-state index contributed by atoms with van der Waals surface area (Å²) in [6.07, 6.45) is 0. The average molecular weight is 493 g/mol. The molecule has 1 aliphatic rings. The van der Waals surface area contributed by atoms with Gasteiger partial charge in [-0.2, -0.15) is 0 Å². The van der Waals surface area contributed by atoms with Crippen molar-refractivity contribution in [2.75, 3.05) is 31.1 Å². The van der Waals surface area contributed by atoms with Crippen LogP contribution in [-0.2, 0) is 4.79 Å². The van der Waals surface area contributed by atoms with Crippen molar-refractivity contribution < 1.29 is 14.5 Å². The Balaban J connectivity index is 1.59. The molecular weight excluding hydrogens is 468 g/mol. The van der Waals surface area contributed by atoms with Gasteiger partial charge in [0.2, 0.25) is 5.91 Å². The Hall–Kier alpha value is -3.91. The van der Waals surface area contributed by atoms with Crippen molar-refractivity contribution in [3.63, 3.8) is 0 Å². The Morgan fingerprint density at radius 1 is 0.943 bits per heavy atom. The number of nitrogens with one attached hydrogen (secondary N) is 1. The van der Waals surface area contributed by atoms with Gasteiger partial charge in [-0.15, -0.1) is 0 Å². The van der Waals surface area contributed by atoms with E-state index in [0.29, 0.717) is 36.9 Å². The third kappa shape index (κ3) is 5.60. The van der Waals surface area contributed by atoms with Crippen LogP contribution in [0, 0.1) is 10.1 Å². The van der Waals surface area contributed by atoms with Gasteiger partial charge in [0, 0.05) is 49.8 Å². The molecule has 3 aromatic carbocycles. The number of anilines is 1. The summed E-state index contributed by atoms with van der Waals surface area (Å²) in [5, 5.41) is 15.5. The van der Waals surface area contributed by atoms with E-state index in [1.165, 1.54) is 13.0 Å². The minimum atomic E-state index is -0.475. The molecule has 180 valence electrons. The summed E-state index contributed by atoms with van der Waals surface area (Å²) in [4.78, 5) is 39.8. The lowest BCUT2D eigenvalue weighted by atomic mass is 9.98. The van der Waals surface area contributed by atoms with Gasteiger partial charge >= 0.3 is 0 Å². The second-order valence-corrected chi connectivity index (χ2v) is 8.76. The Morgan fingerprint density at radius 3 is 2.17 bits per heavy atom. The highest BCUT2D eigenvalue weighted by molar-refractivity contribution is 6.30. The lowest BCUT2D eigenvalue weighted by molar-refractivity contribution is -0.384. The molecule has 1 heterocycles. The number of nitrogens with zero attached hydrogens (tertiary/aromatic N) is 3. The molecule has 35 heavy (non-hydrogen) atoms. The van der Waals surface area contributed by atoms with E-state index in [-0.39, 0.29) is 17.2 Å². The van der Waals surface area contributed by atoms with E-state index in [2.05, 4.69) is 5.32 Å². The monoisotopic (exact) mass is 492 g/mol. The molecule has 1 aliphatic heterocycles. The van der Waals surface area contributed by atoms with Gasteiger partial charge in [0.05, 0.1) is 11.0 Å². The number of rotatable bonds is 6. The van der Waals surface area contributed by atoms with E-state index in [1.807, 2.05) is 47.4 Å². The van der Waals surface area contributed by atoms with E-state index in [0.717, 1.165) is 11.1 Å². The molecule has 0 aromatic heterocycles. The maximum Gasteiger partial charge on any atom is 0.293 e. The third-order valence-electron chi connectivity index (χ3n) is 6.11. The summed E-state index contributed by atoms with van der Waals surface area (Å²) in [6, 6.07) is 20.7. The van der Waals surface area contributed by atoms with E-state index < -0.39 is 16.9 Å². The van der Waals surface area contributed by atoms with E-state index in [4.69, 9.17) is 11.6 Å². The number of hydrogen-bond donors (Lipinski definition) is 1. The van der Waals surface area contributed by atoms with Crippen LogP contribution in [0.2, 0.25) is 5.02 Å². The number of carbonyl (C=O) groups excluding carboxylic acids is 2. The molecule has 1 unspecified atom stereocenters. The minimum Gasteiger partial charge on any atom is -0.362 e. The van der Waals surface area contributed by atoms with Crippen LogP contribution in [-0.4, -0.2) is 47.8 Å². The fourth-order valence-corrected chi connectivity index (χ4v) is 4.34. The molecule has 0 radical (unpaired) electrons. The van der Waals surface area contributed by atoms with Crippen LogP contribution in [0.25, 0.3) is 0 Å². The highest BCUT2D eigenvalue weighted by atomic mass is 35.5. The standard InChI is InChI=1S/C26H25ClN4O4/c1-18(32)29-13-15-30(16-14-29)23-12-9-21(17-24(23)31(34)35)26(33)28-25(19-5-3-2-4-6-19)20-7-10-22(27)11-8-20/h2-12,17,25H,13-16H2,1H3,(H,28,33). The van der Waals surface area contributed by atoms with Crippen LogP contribution in [0.5, 0.6) is 0 Å². The first kappa shape index (κ1) is 24.2. The number of hydrogen-bond acceptors (Lipinski definition) is 5. The topological polar surface area (TPSA) is 95.8 Å². The molecule has 4 rings (SSSR count). The molecule has 8 nitrogen and oxygen atoms in total. The molecule has 9 heteroatoms. The number of halogens is 1. The van der Waals surface area contributed by atoms with Gasteiger partial charge in [0.25, 0.3) is 11.6 Å². The second kappa shape index (κ2) is 10.6. The molecule has 1 fully saturated rings. The summed E-state index contributed by atoms with van der Waals surface area (Å²) in [5.41, 5.74) is 2.20. The van der Waals surface area contributed by atoms with Crippen LogP contribution in [0.3, 0.4) is 0 Å². The SMILES string of the molecule is CC(=O)N1CCN(c2ccc(C(=O)NC(c3ccccc3)c3ccc(Cl)cc3)cc2[N+](=O)[O-])CC1. The highest BCUT2D eigenvalue weighted by Gasteiger charge is 2.26. The van der Waals surface area contributed by atoms with Gasteiger partial charge in [0.15, 0.2) is 0 Å². The summed E-state index contributed by atoms with van der Waals surface area (Å²) in [7, 11) is 0. The minimum absolute atomic E-state index is 0.0140. The van der Waals surface area contributed by atoms with Crippen LogP contribution < -0.4 is 10.2 Å². The number of nitro benzene ring substituents is 1. The van der Waals surface area contributed by atoms with Crippen molar-refractivity contribution in [1.29, 1.82) is 0 Å². The molecule has 2 amide bonds. The van der Waals surface area contributed by atoms with Gasteiger partial charge in [-0.1, -0.05) is 54.1 Å². The van der Waals surface area contributed by atoms with Crippen molar-refractivity contribution in [3.8, 4) is 0 Å². The van der Waals surface area contributed by atoms with Gasteiger partial charge in [-0.25, -0.2) is 0 Å². The van der Waals surface area contributed by atoms with Crippen LogP contribution in [0.4, 0.5) is 11.4 Å². The number of piperazine rings is 1. The van der Waals surface area contributed by atoms with E-state index >= 15 is 0 Å². The normalized spacial score (nSPS) is 14.3. The van der Waals surface area contributed by atoms with Crippen molar-refractivity contribution in [1.82, 2.24) is 10.2 Å². The van der Waals surface area contributed by atoms with Gasteiger partial charge in [-0.05, 0) is 35.4 Å². The average Bonchev–Trinajstić information content (AvgIpc) is 2.88. The molecule has 0 spiro atoms. The first-order chi connectivity index (χ1) is 16.8. The Bertz CT molecular complexity index is 1230. The zero-order chi connectivity index (χ0) is 24.9. The van der Waals surface area contributed by atoms with Crippen molar-refractivity contribution in [3.05, 3.63) is 105 Å². The van der Waals surface area contributed by atoms with Gasteiger partial charge < -0.3 is 15.1 Å². The maximum atomic E-state index is 13.2. The fourth-order valence-electron chi connectivity index (χ4n) is 4.21. The summed E-state index contributed by atoms with van der Waals surface area (Å²) in [6.45, 7) is 3.47. The Labute approximate surface area is 208 Å². The Kier molecular flexibility index (Phi) is 7.31. The quantitative estimate of drug-likeness (QED) is 0.405. The van der Waals surface area contributed by atoms with Crippen LogP contribution in [0.1, 0.15) is 34.5 Å². The molecule has 0 aliphatic carbocycles. The lowest BCUT2D eigenvalue weighted by Gasteiger charge is -2.35. The summed E-state index contributed by atoms with van der Waals surface area (Å²) < 4.78 is 0. The van der Waals surface area contributed by atoms with Crippen LogP contribution in [0.15, 0.2) is 72.8 Å². The smallest absolute Gasteiger partial charge is 0.293 e. The molecule has 1 saturated heterocycles. The Morgan fingerprint density at radius 2 is 1.57 bits per heavy atom. The van der Waals surface area contributed by atoms with E-state index in [9.17, 15) is 19.7 Å². The predicted octanol–water partition coefficient (Wildman–Crippen LogP) is 4.44. The third-order valence-corrected chi connectivity index (χ3v) is 6.36. The maximum absolute atomic E-state index is 13.2. The number of carbonyl (C=O) groups is 2. The van der Waals surface area contributed by atoms with Crippen molar-refractivity contribution in [2.24, 2.45) is 0 Å². The molecule has 0 bridgehead atoms. The lowest BCUT2D eigenvalue weighted by Crippen LogP contribution is -2.48. The summed E-state index contributed by atoms with van der Waals surface area (Å²) in [5.74, 6) is -0.440. The highest BCUT2D eigenvalue weighted by Crippen LogP contribution is 2.31.